The third-order valence-electron chi connectivity index (χ3n) is 3.22. The Balaban J connectivity index is 2.05. The SMILES string of the molecule is O=C(c1occ2ccccc12)C1(O)C=CC=C(O)C1. The molecular formula is C15H12O4. The fourth-order valence-corrected chi connectivity index (χ4v) is 2.23. The van der Waals surface area contributed by atoms with Crippen molar-refractivity contribution in [3.8, 4) is 0 Å². The van der Waals surface area contributed by atoms with Crippen LogP contribution in [0.25, 0.3) is 10.8 Å². The third-order valence-corrected chi connectivity index (χ3v) is 3.22. The van der Waals surface area contributed by atoms with Gasteiger partial charge in [0.2, 0.25) is 5.78 Å². The van der Waals surface area contributed by atoms with E-state index in [1.807, 2.05) is 12.1 Å². The topological polar surface area (TPSA) is 70.7 Å². The summed E-state index contributed by atoms with van der Waals surface area (Å²) in [6.45, 7) is 0. The molecule has 1 aliphatic carbocycles. The lowest BCUT2D eigenvalue weighted by Crippen LogP contribution is -2.38. The van der Waals surface area contributed by atoms with Crippen LogP contribution in [0.2, 0.25) is 0 Å². The zero-order valence-electron chi connectivity index (χ0n) is 10.0. The lowest BCUT2D eigenvalue weighted by Gasteiger charge is -2.23. The van der Waals surface area contributed by atoms with Crippen molar-refractivity contribution in [2.45, 2.75) is 12.0 Å². The molecule has 1 aliphatic rings. The highest BCUT2D eigenvalue weighted by Gasteiger charge is 2.38. The molecule has 19 heavy (non-hydrogen) atoms. The average molecular weight is 256 g/mol. The molecule has 1 aromatic heterocycles. The molecule has 2 aromatic rings. The van der Waals surface area contributed by atoms with Crippen molar-refractivity contribution in [1.82, 2.24) is 0 Å². The molecular weight excluding hydrogens is 244 g/mol. The van der Waals surface area contributed by atoms with Crippen LogP contribution in [0.1, 0.15) is 17.0 Å². The van der Waals surface area contributed by atoms with Gasteiger partial charge in [-0.3, -0.25) is 4.79 Å². The molecule has 0 bridgehead atoms. The maximum Gasteiger partial charge on any atom is 0.234 e. The third kappa shape index (κ3) is 1.86. The van der Waals surface area contributed by atoms with Crippen LogP contribution in [0.4, 0.5) is 0 Å². The van der Waals surface area contributed by atoms with Crippen molar-refractivity contribution in [2.75, 3.05) is 0 Å². The number of aliphatic hydroxyl groups excluding tert-OH is 1. The second kappa shape index (κ2) is 4.10. The van der Waals surface area contributed by atoms with Crippen LogP contribution in [-0.2, 0) is 0 Å². The molecule has 96 valence electrons. The fourth-order valence-electron chi connectivity index (χ4n) is 2.23. The monoisotopic (exact) mass is 256 g/mol. The number of allylic oxidation sites excluding steroid dienone is 2. The van der Waals surface area contributed by atoms with E-state index in [2.05, 4.69) is 0 Å². The first-order valence-electron chi connectivity index (χ1n) is 5.91. The Morgan fingerprint density at radius 1 is 1.32 bits per heavy atom. The quantitative estimate of drug-likeness (QED) is 0.810. The molecule has 4 nitrogen and oxygen atoms in total. The van der Waals surface area contributed by atoms with Gasteiger partial charge in [-0.05, 0) is 12.2 Å². The number of Topliss-reactive ketones (excluding diaryl/α,β-unsaturated/α-hetero) is 1. The first kappa shape index (κ1) is 11.7. The Kier molecular flexibility index (Phi) is 2.54. The Labute approximate surface area is 109 Å². The zero-order chi connectivity index (χ0) is 13.5. The van der Waals surface area contributed by atoms with Crippen molar-refractivity contribution in [2.24, 2.45) is 0 Å². The van der Waals surface area contributed by atoms with E-state index in [4.69, 9.17) is 4.42 Å². The summed E-state index contributed by atoms with van der Waals surface area (Å²) < 4.78 is 5.29. The highest BCUT2D eigenvalue weighted by Crippen LogP contribution is 2.30. The van der Waals surface area contributed by atoms with Gasteiger partial charge in [-0.2, -0.15) is 0 Å². The lowest BCUT2D eigenvalue weighted by atomic mass is 9.88. The summed E-state index contributed by atoms with van der Waals surface area (Å²) in [4.78, 5) is 12.4. The molecule has 0 saturated heterocycles. The summed E-state index contributed by atoms with van der Waals surface area (Å²) in [5.74, 6) is -0.476. The number of hydrogen-bond donors (Lipinski definition) is 2. The van der Waals surface area contributed by atoms with Gasteiger partial charge in [0.1, 0.15) is 0 Å². The highest BCUT2D eigenvalue weighted by molar-refractivity contribution is 6.10. The largest absolute Gasteiger partial charge is 0.512 e. The van der Waals surface area contributed by atoms with Crippen LogP contribution in [-0.4, -0.2) is 21.6 Å². The predicted octanol–water partition coefficient (Wildman–Crippen LogP) is 2.75. The summed E-state index contributed by atoms with van der Waals surface area (Å²) in [6, 6.07) is 7.23. The normalized spacial score (nSPS) is 22.5. The van der Waals surface area contributed by atoms with E-state index in [9.17, 15) is 15.0 Å². The van der Waals surface area contributed by atoms with E-state index in [-0.39, 0.29) is 17.9 Å². The van der Waals surface area contributed by atoms with Gasteiger partial charge >= 0.3 is 0 Å². The molecule has 0 spiro atoms. The minimum Gasteiger partial charge on any atom is -0.512 e. The molecule has 1 heterocycles. The van der Waals surface area contributed by atoms with Crippen LogP contribution in [0.5, 0.6) is 0 Å². The Hall–Kier alpha value is -2.33. The van der Waals surface area contributed by atoms with Gasteiger partial charge in [0.25, 0.3) is 0 Å². The Morgan fingerprint density at radius 2 is 2.11 bits per heavy atom. The standard InChI is InChI=1S/C15H12O4/c16-11-5-3-7-15(18,8-11)14(17)13-12-6-2-1-4-10(12)9-19-13/h1-7,9,16,18H,8H2. The van der Waals surface area contributed by atoms with E-state index in [1.165, 1.54) is 24.5 Å². The molecule has 1 atom stereocenters. The second-order valence-electron chi connectivity index (χ2n) is 4.60. The van der Waals surface area contributed by atoms with Crippen LogP contribution in [0.15, 0.2) is 58.9 Å². The minimum absolute atomic E-state index is 0.0331. The minimum atomic E-state index is -1.75. The molecule has 1 unspecified atom stereocenters. The second-order valence-corrected chi connectivity index (χ2v) is 4.60. The zero-order valence-corrected chi connectivity index (χ0v) is 10.0. The Morgan fingerprint density at radius 3 is 2.89 bits per heavy atom. The first-order valence-corrected chi connectivity index (χ1v) is 5.91. The highest BCUT2D eigenvalue weighted by atomic mass is 16.3. The van der Waals surface area contributed by atoms with Gasteiger partial charge in [0.15, 0.2) is 11.4 Å². The molecule has 1 aromatic carbocycles. The van der Waals surface area contributed by atoms with Crippen molar-refractivity contribution in [3.63, 3.8) is 0 Å². The molecule has 3 rings (SSSR count). The van der Waals surface area contributed by atoms with Crippen LogP contribution < -0.4 is 0 Å². The number of benzene rings is 1. The number of hydrogen-bond acceptors (Lipinski definition) is 4. The lowest BCUT2D eigenvalue weighted by molar-refractivity contribution is 0.0456. The van der Waals surface area contributed by atoms with E-state index < -0.39 is 11.4 Å². The summed E-state index contributed by atoms with van der Waals surface area (Å²) in [5, 5.41) is 21.3. The molecule has 0 fully saturated rings. The van der Waals surface area contributed by atoms with E-state index >= 15 is 0 Å². The number of carbonyl (C=O) groups is 1. The number of ketones is 1. The fraction of sp³-hybridized carbons (Fsp3) is 0.133. The van der Waals surface area contributed by atoms with Crippen molar-refractivity contribution in [3.05, 3.63) is 60.3 Å². The van der Waals surface area contributed by atoms with Gasteiger partial charge in [-0.25, -0.2) is 0 Å². The molecule has 0 aliphatic heterocycles. The Bertz CT molecular complexity index is 708. The summed E-state index contributed by atoms with van der Waals surface area (Å²) in [6.07, 6.45) is 5.61. The summed E-state index contributed by atoms with van der Waals surface area (Å²) >= 11 is 0. The number of fused-ring (bicyclic) bond motifs is 1. The van der Waals surface area contributed by atoms with Gasteiger partial charge in [-0.1, -0.05) is 30.3 Å². The van der Waals surface area contributed by atoms with E-state index in [1.54, 1.807) is 12.1 Å². The number of furan rings is 1. The van der Waals surface area contributed by atoms with Gasteiger partial charge in [0.05, 0.1) is 12.0 Å². The van der Waals surface area contributed by atoms with E-state index in [0.717, 1.165) is 5.39 Å². The molecule has 0 saturated carbocycles. The predicted molar refractivity (Wildman–Crippen MR) is 70.0 cm³/mol. The number of rotatable bonds is 2. The van der Waals surface area contributed by atoms with Gasteiger partial charge in [-0.15, -0.1) is 0 Å². The maximum atomic E-state index is 12.4. The number of carbonyl (C=O) groups excluding carboxylic acids is 1. The number of aliphatic hydroxyl groups is 2. The molecule has 0 amide bonds. The van der Waals surface area contributed by atoms with Crippen LogP contribution >= 0.6 is 0 Å². The summed E-state index contributed by atoms with van der Waals surface area (Å²) in [7, 11) is 0. The van der Waals surface area contributed by atoms with Crippen LogP contribution in [0.3, 0.4) is 0 Å². The van der Waals surface area contributed by atoms with Crippen molar-refractivity contribution < 1.29 is 19.4 Å². The van der Waals surface area contributed by atoms with Gasteiger partial charge < -0.3 is 14.6 Å². The molecule has 4 heteroatoms. The van der Waals surface area contributed by atoms with Crippen molar-refractivity contribution in [1.29, 1.82) is 0 Å². The summed E-state index contributed by atoms with van der Waals surface area (Å²) in [5.41, 5.74) is -1.75. The van der Waals surface area contributed by atoms with Crippen molar-refractivity contribution >= 4 is 16.6 Å². The first-order chi connectivity index (χ1) is 9.10. The average Bonchev–Trinajstić information content (AvgIpc) is 2.81. The molecule has 2 N–H and O–H groups in total. The molecule has 0 radical (unpaired) electrons. The maximum absolute atomic E-state index is 12.4. The smallest absolute Gasteiger partial charge is 0.234 e. The van der Waals surface area contributed by atoms with Gasteiger partial charge in [0, 0.05) is 17.2 Å². The van der Waals surface area contributed by atoms with E-state index in [0.29, 0.717) is 5.39 Å². The van der Waals surface area contributed by atoms with Crippen LogP contribution in [0, 0.1) is 0 Å².